The monoisotopic (exact) mass is 334 g/mol. The molecular weight excluding hydrogens is 315 g/mol. The highest BCUT2D eigenvalue weighted by Crippen LogP contribution is 2.31. The van der Waals surface area contributed by atoms with Crippen molar-refractivity contribution in [3.63, 3.8) is 0 Å². The van der Waals surface area contributed by atoms with Gasteiger partial charge in [-0.05, 0) is 44.0 Å². The van der Waals surface area contributed by atoms with Crippen molar-refractivity contribution in [1.82, 2.24) is 0 Å². The molecule has 1 heterocycles. The van der Waals surface area contributed by atoms with Crippen LogP contribution in [-0.4, -0.2) is 21.5 Å². The van der Waals surface area contributed by atoms with Gasteiger partial charge in [-0.2, -0.15) is 0 Å². The van der Waals surface area contributed by atoms with Crippen LogP contribution in [-0.2, 0) is 10.0 Å². The third-order valence-electron chi connectivity index (χ3n) is 3.98. The van der Waals surface area contributed by atoms with Crippen LogP contribution < -0.4 is 9.62 Å². The molecule has 0 unspecified atom stereocenters. The minimum Gasteiger partial charge on any atom is -0.370 e. The molecule has 6 heteroatoms. The van der Waals surface area contributed by atoms with Gasteiger partial charge in [-0.3, -0.25) is 4.72 Å². The summed E-state index contributed by atoms with van der Waals surface area (Å²) in [5.41, 5.74) is 1.99. The minimum atomic E-state index is -3.74. The summed E-state index contributed by atoms with van der Waals surface area (Å²) in [7, 11) is -3.74. The lowest BCUT2D eigenvalue weighted by atomic mass is 10.2. The van der Waals surface area contributed by atoms with Crippen molar-refractivity contribution in [2.75, 3.05) is 22.7 Å². The quantitative estimate of drug-likeness (QED) is 0.930. The molecule has 1 saturated heterocycles. The third kappa shape index (κ3) is 3.47. The van der Waals surface area contributed by atoms with Gasteiger partial charge in [0.2, 0.25) is 0 Å². The van der Waals surface area contributed by atoms with Gasteiger partial charge in [0.25, 0.3) is 10.0 Å². The lowest BCUT2D eigenvalue weighted by Gasteiger charge is -2.22. The molecule has 23 heavy (non-hydrogen) atoms. The fourth-order valence-corrected chi connectivity index (χ4v) is 3.81. The van der Waals surface area contributed by atoms with E-state index in [4.69, 9.17) is 0 Å². The van der Waals surface area contributed by atoms with E-state index in [2.05, 4.69) is 9.62 Å². The number of rotatable bonds is 4. The van der Waals surface area contributed by atoms with Gasteiger partial charge in [0.1, 0.15) is 5.82 Å². The highest BCUT2D eigenvalue weighted by atomic mass is 32.2. The minimum absolute atomic E-state index is 0.166. The summed E-state index contributed by atoms with van der Waals surface area (Å²) in [6.45, 7) is 3.59. The number of aryl methyl sites for hydroxylation is 1. The van der Waals surface area contributed by atoms with E-state index >= 15 is 0 Å². The number of hydrogen-bond acceptors (Lipinski definition) is 3. The maximum atomic E-state index is 13.6. The van der Waals surface area contributed by atoms with E-state index < -0.39 is 15.8 Å². The molecule has 2 aromatic carbocycles. The molecule has 0 atom stereocenters. The molecule has 2 aromatic rings. The zero-order valence-electron chi connectivity index (χ0n) is 12.9. The third-order valence-corrected chi connectivity index (χ3v) is 5.36. The Morgan fingerprint density at radius 3 is 2.35 bits per heavy atom. The van der Waals surface area contributed by atoms with Gasteiger partial charge in [-0.15, -0.1) is 0 Å². The van der Waals surface area contributed by atoms with E-state index in [1.165, 1.54) is 12.1 Å². The van der Waals surface area contributed by atoms with E-state index in [1.807, 2.05) is 6.92 Å². The first-order valence-electron chi connectivity index (χ1n) is 7.60. The van der Waals surface area contributed by atoms with Gasteiger partial charge in [0.05, 0.1) is 16.3 Å². The van der Waals surface area contributed by atoms with Crippen LogP contribution in [0, 0.1) is 12.7 Å². The van der Waals surface area contributed by atoms with Crippen LogP contribution >= 0.6 is 0 Å². The standard InChI is InChI=1S/C17H19FN2O2S/c1-13-4-7-15(8-5-13)23(21,22)19-16-12-14(18)6-9-17(16)20-10-2-3-11-20/h4-9,12,19H,2-3,10-11H2,1H3. The Labute approximate surface area is 136 Å². The van der Waals surface area contributed by atoms with E-state index in [0.29, 0.717) is 0 Å². The molecule has 122 valence electrons. The van der Waals surface area contributed by atoms with E-state index in [9.17, 15) is 12.8 Å². The first-order chi connectivity index (χ1) is 11.0. The average molecular weight is 334 g/mol. The molecule has 0 spiro atoms. The van der Waals surface area contributed by atoms with Crippen LogP contribution in [0.2, 0.25) is 0 Å². The highest BCUT2D eigenvalue weighted by molar-refractivity contribution is 7.92. The van der Waals surface area contributed by atoms with E-state index in [-0.39, 0.29) is 10.6 Å². The molecule has 1 aliphatic heterocycles. The predicted octanol–water partition coefficient (Wildman–Crippen LogP) is 3.54. The van der Waals surface area contributed by atoms with Crippen LogP contribution in [0.4, 0.5) is 15.8 Å². The van der Waals surface area contributed by atoms with Crippen molar-refractivity contribution < 1.29 is 12.8 Å². The van der Waals surface area contributed by atoms with Gasteiger partial charge < -0.3 is 4.90 Å². The average Bonchev–Trinajstić information content (AvgIpc) is 3.01. The van der Waals surface area contributed by atoms with Gasteiger partial charge in [0, 0.05) is 19.2 Å². The topological polar surface area (TPSA) is 49.4 Å². The Kier molecular flexibility index (Phi) is 4.26. The molecule has 3 rings (SSSR count). The molecule has 1 N–H and O–H groups in total. The maximum Gasteiger partial charge on any atom is 0.261 e. The Bertz CT molecular complexity index is 798. The second kappa shape index (κ2) is 6.20. The Morgan fingerprint density at radius 2 is 1.70 bits per heavy atom. The van der Waals surface area contributed by atoms with Gasteiger partial charge in [-0.25, -0.2) is 12.8 Å². The summed E-state index contributed by atoms with van der Waals surface area (Å²) in [6, 6.07) is 10.8. The second-order valence-corrected chi connectivity index (χ2v) is 7.46. The normalized spacial score (nSPS) is 15.0. The number of sulfonamides is 1. The van der Waals surface area contributed by atoms with Gasteiger partial charge >= 0.3 is 0 Å². The fraction of sp³-hybridized carbons (Fsp3) is 0.294. The molecule has 0 bridgehead atoms. The number of halogens is 1. The lowest BCUT2D eigenvalue weighted by Crippen LogP contribution is -2.21. The van der Waals surface area contributed by atoms with Crippen molar-refractivity contribution in [1.29, 1.82) is 0 Å². The first kappa shape index (κ1) is 15.8. The summed E-state index contributed by atoms with van der Waals surface area (Å²) in [5, 5.41) is 0. The molecule has 1 fully saturated rings. The summed E-state index contributed by atoms with van der Waals surface area (Å²) in [6.07, 6.45) is 2.11. The largest absolute Gasteiger partial charge is 0.370 e. The summed E-state index contributed by atoms with van der Waals surface area (Å²) in [4.78, 5) is 2.24. The first-order valence-corrected chi connectivity index (χ1v) is 9.08. The number of anilines is 2. The lowest BCUT2D eigenvalue weighted by molar-refractivity contribution is 0.601. The van der Waals surface area contributed by atoms with Crippen molar-refractivity contribution in [2.45, 2.75) is 24.7 Å². The zero-order chi connectivity index (χ0) is 16.4. The molecule has 0 saturated carbocycles. The van der Waals surface area contributed by atoms with Crippen molar-refractivity contribution in [3.05, 3.63) is 53.8 Å². The van der Waals surface area contributed by atoms with Crippen LogP contribution in [0.1, 0.15) is 18.4 Å². The zero-order valence-corrected chi connectivity index (χ0v) is 13.7. The van der Waals surface area contributed by atoms with Crippen LogP contribution in [0.25, 0.3) is 0 Å². The van der Waals surface area contributed by atoms with Crippen molar-refractivity contribution in [3.8, 4) is 0 Å². The Morgan fingerprint density at radius 1 is 1.04 bits per heavy atom. The summed E-state index contributed by atoms with van der Waals surface area (Å²) < 4.78 is 41.2. The number of benzene rings is 2. The molecule has 0 aromatic heterocycles. The second-order valence-electron chi connectivity index (χ2n) is 5.77. The molecule has 0 aliphatic carbocycles. The number of hydrogen-bond donors (Lipinski definition) is 1. The van der Waals surface area contributed by atoms with E-state index in [0.717, 1.165) is 37.2 Å². The van der Waals surface area contributed by atoms with Crippen LogP contribution in [0.5, 0.6) is 0 Å². The smallest absolute Gasteiger partial charge is 0.261 e. The molecule has 0 amide bonds. The van der Waals surface area contributed by atoms with Gasteiger partial charge in [0.15, 0.2) is 0 Å². The van der Waals surface area contributed by atoms with Crippen molar-refractivity contribution >= 4 is 21.4 Å². The van der Waals surface area contributed by atoms with Crippen LogP contribution in [0.15, 0.2) is 47.4 Å². The van der Waals surface area contributed by atoms with E-state index in [1.54, 1.807) is 30.3 Å². The highest BCUT2D eigenvalue weighted by Gasteiger charge is 2.20. The maximum absolute atomic E-state index is 13.6. The van der Waals surface area contributed by atoms with Crippen LogP contribution in [0.3, 0.4) is 0 Å². The SMILES string of the molecule is Cc1ccc(S(=O)(=O)Nc2cc(F)ccc2N2CCCC2)cc1. The number of nitrogens with zero attached hydrogens (tertiary/aromatic N) is 1. The number of nitrogens with one attached hydrogen (secondary N) is 1. The molecule has 1 aliphatic rings. The Hall–Kier alpha value is -2.08. The van der Waals surface area contributed by atoms with Crippen molar-refractivity contribution in [2.24, 2.45) is 0 Å². The molecule has 4 nitrogen and oxygen atoms in total. The van der Waals surface area contributed by atoms with Gasteiger partial charge in [-0.1, -0.05) is 17.7 Å². The Balaban J connectivity index is 1.95. The summed E-state index contributed by atoms with van der Waals surface area (Å²) >= 11 is 0. The fourth-order valence-electron chi connectivity index (χ4n) is 2.74. The molecular formula is C17H19FN2O2S. The predicted molar refractivity (Wildman–Crippen MR) is 89.8 cm³/mol. The summed E-state index contributed by atoms with van der Waals surface area (Å²) in [5.74, 6) is -0.463. The molecule has 0 radical (unpaired) electrons.